The van der Waals surface area contributed by atoms with Crippen molar-refractivity contribution in [2.45, 2.75) is 33.2 Å². The predicted octanol–water partition coefficient (Wildman–Crippen LogP) is 3.16. The molecular formula is C12H25NO3S3Si. The third kappa shape index (κ3) is 7.98. The first-order valence-electron chi connectivity index (χ1n) is 6.81. The maximum absolute atomic E-state index is 8.80. The quantitative estimate of drug-likeness (QED) is 0.339. The summed E-state index contributed by atoms with van der Waals surface area (Å²) in [5, 5.41) is 8.80. The maximum Gasteiger partial charge on any atom is 0.500 e. The first-order chi connectivity index (χ1) is 9.55. The minimum atomic E-state index is -2.56. The third-order valence-corrected chi connectivity index (χ3v) is 9.23. The van der Waals surface area contributed by atoms with E-state index in [0.717, 1.165) is 18.2 Å². The van der Waals surface area contributed by atoms with Gasteiger partial charge in [-0.05, 0) is 32.9 Å². The van der Waals surface area contributed by atoms with Crippen LogP contribution < -0.4 is 0 Å². The SMILES string of the molecule is CCO[Si](CCC[SH](CC#N)C(=S)S)(OCC)OCC. The average molecular weight is 356 g/mol. The van der Waals surface area contributed by atoms with Gasteiger partial charge in [0.2, 0.25) is 0 Å². The number of thiocarbonyl (C=S) groups is 1. The van der Waals surface area contributed by atoms with Crippen LogP contribution in [0, 0.1) is 11.3 Å². The number of rotatable bonds is 11. The highest BCUT2D eigenvalue weighted by atomic mass is 32.3. The van der Waals surface area contributed by atoms with Gasteiger partial charge in [-0.15, -0.1) is 12.6 Å². The van der Waals surface area contributed by atoms with Gasteiger partial charge in [0.05, 0.1) is 15.4 Å². The van der Waals surface area contributed by atoms with Crippen LogP contribution in [0.1, 0.15) is 27.2 Å². The zero-order chi connectivity index (χ0) is 15.4. The van der Waals surface area contributed by atoms with Crippen molar-refractivity contribution in [3.63, 3.8) is 0 Å². The summed E-state index contributed by atoms with van der Waals surface area (Å²) in [6.07, 6.45) is 0.889. The van der Waals surface area contributed by atoms with Gasteiger partial charge in [-0.3, -0.25) is 0 Å². The van der Waals surface area contributed by atoms with Crippen molar-refractivity contribution >= 4 is 48.1 Å². The number of thiol groups is 2. The van der Waals surface area contributed by atoms with Crippen LogP contribution in [0.4, 0.5) is 0 Å². The molecule has 0 aromatic carbocycles. The summed E-state index contributed by atoms with van der Waals surface area (Å²) in [6, 6.07) is 2.95. The molecule has 0 aliphatic rings. The van der Waals surface area contributed by atoms with Crippen LogP contribution in [-0.4, -0.2) is 43.7 Å². The Bertz CT molecular complexity index is 309. The molecule has 0 bridgehead atoms. The Kier molecular flexibility index (Phi) is 12.2. The zero-order valence-electron chi connectivity index (χ0n) is 12.4. The molecule has 1 unspecified atom stereocenters. The summed E-state index contributed by atoms with van der Waals surface area (Å²) < 4.78 is 18.1. The van der Waals surface area contributed by atoms with Gasteiger partial charge >= 0.3 is 8.80 Å². The third-order valence-electron chi connectivity index (χ3n) is 2.54. The van der Waals surface area contributed by atoms with Gasteiger partial charge in [-0.2, -0.15) is 16.2 Å². The van der Waals surface area contributed by atoms with Crippen LogP contribution in [0.25, 0.3) is 0 Å². The van der Waals surface area contributed by atoms with E-state index < -0.39 is 19.7 Å². The van der Waals surface area contributed by atoms with Gasteiger partial charge in [0.15, 0.2) is 0 Å². The molecule has 0 rings (SSSR count). The van der Waals surface area contributed by atoms with E-state index >= 15 is 0 Å². The van der Waals surface area contributed by atoms with Crippen LogP contribution in [0.15, 0.2) is 0 Å². The second kappa shape index (κ2) is 12.0. The number of hydrogen-bond acceptors (Lipinski definition) is 5. The molecule has 0 N–H and O–H groups in total. The van der Waals surface area contributed by atoms with Crippen LogP contribution in [0.3, 0.4) is 0 Å². The lowest BCUT2D eigenvalue weighted by molar-refractivity contribution is 0.0712. The standard InChI is InChI=1S/C12H25NO3S3Si/c1-4-14-20(15-5-2,16-6-3)11-7-9-19(10-8-13)12(17)18/h19H,4-7,9-11H2,1-3H3,(H,17,18). The molecule has 0 amide bonds. The fourth-order valence-corrected chi connectivity index (χ4v) is 6.90. The summed E-state index contributed by atoms with van der Waals surface area (Å²) in [6.45, 7) is 7.61. The fraction of sp³-hybridized carbons (Fsp3) is 0.833. The molecule has 4 nitrogen and oxygen atoms in total. The molecule has 8 heteroatoms. The van der Waals surface area contributed by atoms with Crippen molar-refractivity contribution < 1.29 is 13.3 Å². The summed E-state index contributed by atoms with van der Waals surface area (Å²) in [4.78, 5) is 0. The molecule has 0 saturated carbocycles. The van der Waals surface area contributed by atoms with Crippen molar-refractivity contribution in [1.29, 1.82) is 5.26 Å². The molecule has 0 radical (unpaired) electrons. The van der Waals surface area contributed by atoms with Crippen molar-refractivity contribution in [3.05, 3.63) is 0 Å². The Morgan fingerprint density at radius 3 is 2.05 bits per heavy atom. The van der Waals surface area contributed by atoms with Crippen LogP contribution in [0.5, 0.6) is 0 Å². The largest absolute Gasteiger partial charge is 0.500 e. The van der Waals surface area contributed by atoms with Gasteiger partial charge in [0.25, 0.3) is 0 Å². The van der Waals surface area contributed by atoms with E-state index in [-0.39, 0.29) is 0 Å². The van der Waals surface area contributed by atoms with E-state index in [1.807, 2.05) is 20.8 Å². The lowest BCUT2D eigenvalue weighted by Crippen LogP contribution is -2.46. The van der Waals surface area contributed by atoms with E-state index in [2.05, 4.69) is 18.7 Å². The van der Waals surface area contributed by atoms with Gasteiger partial charge in [-0.1, -0.05) is 12.2 Å². The van der Waals surface area contributed by atoms with E-state index in [9.17, 15) is 0 Å². The second-order valence-electron chi connectivity index (χ2n) is 3.95. The summed E-state index contributed by atoms with van der Waals surface area (Å²) in [5.74, 6) is 1.36. The molecule has 20 heavy (non-hydrogen) atoms. The Morgan fingerprint density at radius 2 is 1.70 bits per heavy atom. The Balaban J connectivity index is 4.50. The molecule has 0 aromatic rings. The minimum absolute atomic E-state index is 0.476. The van der Waals surface area contributed by atoms with Crippen molar-refractivity contribution in [2.24, 2.45) is 0 Å². The molecule has 0 aromatic heterocycles. The van der Waals surface area contributed by atoms with Crippen LogP contribution in [-0.2, 0) is 13.3 Å². The summed E-state index contributed by atoms with van der Waals surface area (Å²) in [5.41, 5.74) is 0. The molecule has 0 aliphatic heterocycles. The molecule has 1 atom stereocenters. The van der Waals surface area contributed by atoms with Crippen molar-refractivity contribution in [2.75, 3.05) is 31.3 Å². The van der Waals surface area contributed by atoms with Gasteiger partial charge < -0.3 is 13.3 Å². The van der Waals surface area contributed by atoms with Crippen molar-refractivity contribution in [1.82, 2.24) is 0 Å². The molecule has 0 spiro atoms. The topological polar surface area (TPSA) is 51.5 Å². The monoisotopic (exact) mass is 355 g/mol. The van der Waals surface area contributed by atoms with E-state index in [1.165, 1.54) is 0 Å². The molecule has 118 valence electrons. The molecule has 0 saturated heterocycles. The molecule has 0 aliphatic carbocycles. The van der Waals surface area contributed by atoms with Gasteiger partial charge in [-0.25, -0.2) is 0 Å². The van der Waals surface area contributed by atoms with Gasteiger partial charge in [0, 0.05) is 25.9 Å². The second-order valence-corrected chi connectivity index (χ2v) is 10.8. The smallest absolute Gasteiger partial charge is 0.374 e. The van der Waals surface area contributed by atoms with E-state index in [0.29, 0.717) is 29.1 Å². The predicted molar refractivity (Wildman–Crippen MR) is 96.0 cm³/mol. The lowest BCUT2D eigenvalue weighted by atomic mass is 10.6. The van der Waals surface area contributed by atoms with Crippen molar-refractivity contribution in [3.8, 4) is 6.07 Å². The zero-order valence-corrected chi connectivity index (χ0v) is 16.0. The Labute approximate surface area is 137 Å². The van der Waals surface area contributed by atoms with Crippen LogP contribution in [0.2, 0.25) is 6.04 Å². The number of nitriles is 1. The molecule has 0 fully saturated rings. The average Bonchev–Trinajstić information content (AvgIpc) is 2.38. The Morgan fingerprint density at radius 1 is 1.20 bits per heavy atom. The molecule has 0 heterocycles. The Hall–Kier alpha value is 0.377. The highest BCUT2D eigenvalue weighted by Gasteiger charge is 2.39. The normalized spacial score (nSPS) is 13.8. The highest BCUT2D eigenvalue weighted by Crippen LogP contribution is 2.31. The minimum Gasteiger partial charge on any atom is -0.374 e. The molecular weight excluding hydrogens is 330 g/mol. The number of hydrogen-bond donors (Lipinski definition) is 2. The van der Waals surface area contributed by atoms with E-state index in [1.54, 1.807) is 0 Å². The maximum atomic E-state index is 8.80. The van der Waals surface area contributed by atoms with Gasteiger partial charge in [0.1, 0.15) is 0 Å². The summed E-state index contributed by atoms with van der Waals surface area (Å²) >= 11 is 9.33. The lowest BCUT2D eigenvalue weighted by Gasteiger charge is -2.29. The van der Waals surface area contributed by atoms with E-state index in [4.69, 9.17) is 30.8 Å². The highest BCUT2D eigenvalue weighted by molar-refractivity contribution is 8.50. The van der Waals surface area contributed by atoms with Crippen LogP contribution >= 0.6 is 35.7 Å². The first-order valence-corrected chi connectivity index (χ1v) is 11.3. The summed E-state index contributed by atoms with van der Waals surface area (Å²) in [7, 11) is -3.17. The fourth-order valence-electron chi connectivity index (χ4n) is 1.82. The number of nitrogens with zero attached hydrogens (tertiary/aromatic N) is 1. The first kappa shape index (κ1) is 20.4.